The number of hydrogen-bond donors (Lipinski definition) is 2. The zero-order valence-corrected chi connectivity index (χ0v) is 6.26. The van der Waals surface area contributed by atoms with Crippen LogP contribution in [0.3, 0.4) is 0 Å². The van der Waals surface area contributed by atoms with Gasteiger partial charge in [0, 0.05) is 0 Å². The average molecular weight is 215 g/mol. The van der Waals surface area contributed by atoms with Gasteiger partial charge in [0.15, 0.2) is 0 Å². The monoisotopic (exact) mass is 215 g/mol. The van der Waals surface area contributed by atoms with E-state index in [0.717, 1.165) is 10.8 Å². The summed E-state index contributed by atoms with van der Waals surface area (Å²) in [6.07, 6.45) is 2.24. The third kappa shape index (κ3) is 1.27. The summed E-state index contributed by atoms with van der Waals surface area (Å²) in [5.41, 5.74) is 5.50. The Hall–Kier alpha value is 0.650. The third-order valence-corrected chi connectivity index (χ3v) is 5.47. The fraction of sp³-hybridized carbons (Fsp3) is 1.00. The minimum absolute atomic E-state index is 0.226. The molecule has 0 radical (unpaired) electrons. The van der Waals surface area contributed by atoms with Crippen LogP contribution in [0, 0.1) is 0 Å². The number of alkyl halides is 2. The number of halogens is 1. The van der Waals surface area contributed by atoms with Gasteiger partial charge in [-0.25, -0.2) is 0 Å². The van der Waals surface area contributed by atoms with E-state index in [1.54, 1.807) is 0 Å². The summed E-state index contributed by atoms with van der Waals surface area (Å²) >= 11 is -1.51. The SMILES string of the molecule is NC1CCCI1O. The van der Waals surface area contributed by atoms with Gasteiger partial charge in [0.1, 0.15) is 0 Å². The standard InChI is InChI=1S/C4H10INO/c6-4-2-1-3-5(4)7/h4,7H,1-3,6H2. The van der Waals surface area contributed by atoms with Gasteiger partial charge in [-0.3, -0.25) is 0 Å². The van der Waals surface area contributed by atoms with Crippen molar-refractivity contribution >= 4 is 20.2 Å². The van der Waals surface area contributed by atoms with Crippen LogP contribution in [0.25, 0.3) is 0 Å². The molecule has 0 saturated carbocycles. The fourth-order valence-corrected chi connectivity index (χ4v) is 3.86. The molecule has 0 spiro atoms. The summed E-state index contributed by atoms with van der Waals surface area (Å²) in [7, 11) is 0. The van der Waals surface area contributed by atoms with Crippen molar-refractivity contribution < 1.29 is 3.44 Å². The summed E-state index contributed by atoms with van der Waals surface area (Å²) < 4.78 is 10.3. The minimum atomic E-state index is -1.51. The number of hydrogen-bond acceptors (Lipinski definition) is 2. The number of nitrogens with two attached hydrogens (primary N) is 1. The van der Waals surface area contributed by atoms with Crippen LogP contribution in [-0.4, -0.2) is 11.9 Å². The van der Waals surface area contributed by atoms with Crippen LogP contribution < -0.4 is 5.73 Å². The Morgan fingerprint density at radius 1 is 1.71 bits per heavy atom. The average Bonchev–Trinajstić information content (AvgIpc) is 1.91. The van der Waals surface area contributed by atoms with Crippen molar-refractivity contribution in [3.05, 3.63) is 0 Å². The Labute approximate surface area is 51.0 Å². The molecule has 0 aliphatic carbocycles. The van der Waals surface area contributed by atoms with Crippen LogP contribution in [0.5, 0.6) is 0 Å². The Balaban J connectivity index is 2.33. The predicted molar refractivity (Wildman–Crippen MR) is 38.3 cm³/mol. The molecule has 1 heterocycles. The quantitative estimate of drug-likeness (QED) is 0.350. The molecular formula is C4H10INO. The molecule has 0 aromatic carbocycles. The van der Waals surface area contributed by atoms with E-state index in [4.69, 9.17) is 9.17 Å². The first-order chi connectivity index (χ1) is 3.30. The van der Waals surface area contributed by atoms with Crippen LogP contribution in [-0.2, 0) is 0 Å². The molecular weight excluding hydrogens is 205 g/mol. The summed E-state index contributed by atoms with van der Waals surface area (Å²) in [6, 6.07) is 0. The second-order valence-electron chi connectivity index (χ2n) is 1.72. The third-order valence-electron chi connectivity index (χ3n) is 1.13. The van der Waals surface area contributed by atoms with Crippen LogP contribution in [0.15, 0.2) is 0 Å². The molecule has 1 unspecified atom stereocenters. The van der Waals surface area contributed by atoms with E-state index in [9.17, 15) is 0 Å². The Kier molecular flexibility index (Phi) is 1.88. The van der Waals surface area contributed by atoms with Gasteiger partial charge in [-0.05, 0) is 0 Å². The van der Waals surface area contributed by atoms with Gasteiger partial charge in [0.05, 0.1) is 0 Å². The zero-order chi connectivity index (χ0) is 5.28. The predicted octanol–water partition coefficient (Wildman–Crippen LogP) is 0.479. The van der Waals surface area contributed by atoms with E-state index in [1.165, 1.54) is 6.42 Å². The fourth-order valence-electron chi connectivity index (χ4n) is 0.675. The topological polar surface area (TPSA) is 46.2 Å². The maximum absolute atomic E-state index is 9.03. The Bertz CT molecular complexity index is 60.7. The van der Waals surface area contributed by atoms with Crippen molar-refractivity contribution in [2.24, 2.45) is 5.73 Å². The van der Waals surface area contributed by atoms with E-state index < -0.39 is 20.2 Å². The molecule has 1 aliphatic rings. The van der Waals surface area contributed by atoms with Gasteiger partial charge in [0.25, 0.3) is 0 Å². The molecule has 1 fully saturated rings. The van der Waals surface area contributed by atoms with Crippen molar-refractivity contribution in [1.82, 2.24) is 0 Å². The van der Waals surface area contributed by atoms with Crippen LogP contribution in [0.4, 0.5) is 0 Å². The molecule has 1 saturated heterocycles. The molecule has 1 aliphatic heterocycles. The molecule has 0 bridgehead atoms. The molecule has 1 rings (SSSR count). The van der Waals surface area contributed by atoms with E-state index in [-0.39, 0.29) is 4.05 Å². The van der Waals surface area contributed by atoms with Crippen LogP contribution in [0.2, 0.25) is 0 Å². The molecule has 3 N–H and O–H groups in total. The number of rotatable bonds is 0. The summed E-state index contributed by atoms with van der Waals surface area (Å²) in [5.74, 6) is 0. The molecule has 1 atom stereocenters. The summed E-state index contributed by atoms with van der Waals surface area (Å²) in [4.78, 5) is 0. The van der Waals surface area contributed by atoms with Crippen LogP contribution >= 0.6 is 20.2 Å². The summed E-state index contributed by atoms with van der Waals surface area (Å²) in [6.45, 7) is 0. The Morgan fingerprint density at radius 2 is 2.43 bits per heavy atom. The van der Waals surface area contributed by atoms with Crippen molar-refractivity contribution in [2.45, 2.75) is 16.9 Å². The van der Waals surface area contributed by atoms with Crippen molar-refractivity contribution in [3.63, 3.8) is 0 Å². The molecule has 3 heteroatoms. The van der Waals surface area contributed by atoms with Gasteiger partial charge >= 0.3 is 50.7 Å². The van der Waals surface area contributed by atoms with Gasteiger partial charge in [-0.15, -0.1) is 0 Å². The second kappa shape index (κ2) is 2.28. The van der Waals surface area contributed by atoms with Gasteiger partial charge in [0.2, 0.25) is 0 Å². The second-order valence-corrected chi connectivity index (χ2v) is 6.52. The summed E-state index contributed by atoms with van der Waals surface area (Å²) in [5, 5.41) is 0. The van der Waals surface area contributed by atoms with Gasteiger partial charge < -0.3 is 0 Å². The van der Waals surface area contributed by atoms with Crippen molar-refractivity contribution in [2.75, 3.05) is 4.43 Å². The van der Waals surface area contributed by atoms with E-state index in [1.807, 2.05) is 0 Å². The zero-order valence-electron chi connectivity index (χ0n) is 4.10. The van der Waals surface area contributed by atoms with Gasteiger partial charge in [-0.2, -0.15) is 0 Å². The van der Waals surface area contributed by atoms with Crippen molar-refractivity contribution in [1.29, 1.82) is 0 Å². The van der Waals surface area contributed by atoms with E-state index in [0.29, 0.717) is 0 Å². The Morgan fingerprint density at radius 3 is 2.57 bits per heavy atom. The maximum atomic E-state index is 9.03. The van der Waals surface area contributed by atoms with Gasteiger partial charge in [-0.1, -0.05) is 0 Å². The van der Waals surface area contributed by atoms with E-state index >= 15 is 0 Å². The molecule has 2 nitrogen and oxygen atoms in total. The van der Waals surface area contributed by atoms with Crippen LogP contribution in [0.1, 0.15) is 12.8 Å². The molecule has 7 heavy (non-hydrogen) atoms. The first-order valence-electron chi connectivity index (χ1n) is 2.40. The first kappa shape index (κ1) is 5.78. The molecule has 0 aromatic heterocycles. The normalized spacial score (nSPS) is 36.9. The molecule has 44 valence electrons. The first-order valence-corrected chi connectivity index (χ1v) is 6.13. The van der Waals surface area contributed by atoms with Crippen molar-refractivity contribution in [3.8, 4) is 0 Å². The molecule has 0 amide bonds. The van der Waals surface area contributed by atoms with E-state index in [2.05, 4.69) is 0 Å². The molecule has 0 aromatic rings.